The Morgan fingerprint density at radius 2 is 2.14 bits per heavy atom. The monoisotopic (exact) mass is 297 g/mol. The predicted octanol–water partition coefficient (Wildman–Crippen LogP) is -0.519. The number of fused-ring (bicyclic) bond motifs is 1. The van der Waals surface area contributed by atoms with Gasteiger partial charge in [-0.3, -0.25) is 4.57 Å². The topological polar surface area (TPSA) is 96.5 Å². The highest BCUT2D eigenvalue weighted by Crippen LogP contribution is 2.34. The largest absolute Gasteiger partial charge is 0.394 e. The molecule has 0 bridgehead atoms. The lowest BCUT2D eigenvalue weighted by molar-refractivity contribution is -0.0459. The highest BCUT2D eigenvalue weighted by molar-refractivity contribution is 5.83. The second-order valence-corrected chi connectivity index (χ2v) is 5.10. The van der Waals surface area contributed by atoms with Crippen molar-refractivity contribution < 1.29 is 19.3 Å². The lowest BCUT2D eigenvalue weighted by Gasteiger charge is -2.15. The quantitative estimate of drug-likeness (QED) is 0.787. The standard InChI is InChI=1S/C12H16FN5O3/c1-17(2)10-8-11(15-4-14-10)18(5-16-8)12-7(13)9(20)6(3-19)21-12/h4-7,9,12,19-20H,3H2,1-2H3/t6-,7?,9-,12-/m1/s1. The van der Waals surface area contributed by atoms with Gasteiger partial charge in [-0.05, 0) is 0 Å². The van der Waals surface area contributed by atoms with E-state index in [0.29, 0.717) is 17.0 Å². The number of ether oxygens (including phenoxy) is 1. The molecule has 0 amide bonds. The molecule has 0 radical (unpaired) electrons. The van der Waals surface area contributed by atoms with Crippen molar-refractivity contribution in [3.63, 3.8) is 0 Å². The first-order valence-electron chi connectivity index (χ1n) is 6.48. The third-order valence-electron chi connectivity index (χ3n) is 3.51. The van der Waals surface area contributed by atoms with Crippen molar-refractivity contribution in [2.45, 2.75) is 24.6 Å². The van der Waals surface area contributed by atoms with Crippen LogP contribution < -0.4 is 4.90 Å². The van der Waals surface area contributed by atoms with Gasteiger partial charge in [-0.2, -0.15) is 0 Å². The van der Waals surface area contributed by atoms with Crippen LogP contribution in [0.25, 0.3) is 11.2 Å². The molecule has 2 aromatic heterocycles. The summed E-state index contributed by atoms with van der Waals surface area (Å²) >= 11 is 0. The molecule has 8 nitrogen and oxygen atoms in total. The Kier molecular flexibility index (Phi) is 3.47. The Balaban J connectivity index is 2.04. The molecule has 9 heteroatoms. The number of aromatic nitrogens is 4. The number of hydrogen-bond donors (Lipinski definition) is 2. The Morgan fingerprint density at radius 3 is 2.76 bits per heavy atom. The zero-order valence-electron chi connectivity index (χ0n) is 11.6. The van der Waals surface area contributed by atoms with E-state index >= 15 is 0 Å². The molecule has 3 rings (SSSR count). The zero-order chi connectivity index (χ0) is 15.1. The minimum atomic E-state index is -1.67. The fraction of sp³-hybridized carbons (Fsp3) is 0.583. The molecule has 21 heavy (non-hydrogen) atoms. The molecule has 0 spiro atoms. The van der Waals surface area contributed by atoms with E-state index in [-0.39, 0.29) is 0 Å². The van der Waals surface area contributed by atoms with Crippen LogP contribution in [0.3, 0.4) is 0 Å². The van der Waals surface area contributed by atoms with Gasteiger partial charge < -0.3 is 19.8 Å². The number of alkyl halides is 1. The van der Waals surface area contributed by atoms with Gasteiger partial charge in [0.15, 0.2) is 29.4 Å². The summed E-state index contributed by atoms with van der Waals surface area (Å²) in [6, 6.07) is 0. The first kappa shape index (κ1) is 14.1. The molecule has 1 aliphatic rings. The molecule has 1 unspecified atom stereocenters. The molecule has 1 aliphatic heterocycles. The van der Waals surface area contributed by atoms with Crippen LogP contribution >= 0.6 is 0 Å². The van der Waals surface area contributed by atoms with Gasteiger partial charge in [-0.25, -0.2) is 19.3 Å². The molecule has 3 heterocycles. The molecule has 114 valence electrons. The van der Waals surface area contributed by atoms with Crippen molar-refractivity contribution >= 4 is 17.0 Å². The summed E-state index contributed by atoms with van der Waals surface area (Å²) in [5.74, 6) is 0.603. The number of hydrogen-bond acceptors (Lipinski definition) is 7. The second kappa shape index (κ2) is 5.17. The fourth-order valence-electron chi connectivity index (χ4n) is 2.43. The van der Waals surface area contributed by atoms with Crippen molar-refractivity contribution in [1.29, 1.82) is 0 Å². The van der Waals surface area contributed by atoms with Gasteiger partial charge in [0.25, 0.3) is 0 Å². The maximum atomic E-state index is 14.2. The Hall–Kier alpha value is -1.84. The van der Waals surface area contributed by atoms with Gasteiger partial charge in [0, 0.05) is 14.1 Å². The maximum Gasteiger partial charge on any atom is 0.173 e. The number of rotatable bonds is 3. The first-order valence-corrected chi connectivity index (χ1v) is 6.48. The third kappa shape index (κ3) is 2.13. The van der Waals surface area contributed by atoms with Crippen LogP contribution in [-0.2, 0) is 4.74 Å². The Labute approximate surface area is 119 Å². The highest BCUT2D eigenvalue weighted by Gasteiger charge is 2.45. The summed E-state index contributed by atoms with van der Waals surface area (Å²) in [5, 5.41) is 18.8. The van der Waals surface area contributed by atoms with E-state index < -0.39 is 31.2 Å². The summed E-state index contributed by atoms with van der Waals surface area (Å²) < 4.78 is 21.0. The van der Waals surface area contributed by atoms with Crippen molar-refractivity contribution in [3.8, 4) is 0 Å². The molecule has 0 aromatic carbocycles. The van der Waals surface area contributed by atoms with Gasteiger partial charge >= 0.3 is 0 Å². The lowest BCUT2D eigenvalue weighted by atomic mass is 10.1. The molecule has 2 N–H and O–H groups in total. The van der Waals surface area contributed by atoms with E-state index in [0.717, 1.165) is 0 Å². The number of nitrogens with zero attached hydrogens (tertiary/aromatic N) is 5. The average Bonchev–Trinajstić information content (AvgIpc) is 3.01. The minimum Gasteiger partial charge on any atom is -0.394 e. The molecule has 4 atom stereocenters. The number of imidazole rings is 1. The number of anilines is 1. The van der Waals surface area contributed by atoms with Gasteiger partial charge in [0.05, 0.1) is 12.9 Å². The van der Waals surface area contributed by atoms with Crippen molar-refractivity contribution in [2.75, 3.05) is 25.6 Å². The molecule has 2 aromatic rings. The Morgan fingerprint density at radius 1 is 1.38 bits per heavy atom. The lowest BCUT2D eigenvalue weighted by Crippen LogP contribution is -2.30. The van der Waals surface area contributed by atoms with Gasteiger partial charge in [0.2, 0.25) is 0 Å². The molecule has 0 saturated carbocycles. The number of aliphatic hydroxyl groups excluding tert-OH is 2. The minimum absolute atomic E-state index is 0.409. The first-order chi connectivity index (χ1) is 10.0. The smallest absolute Gasteiger partial charge is 0.173 e. The van der Waals surface area contributed by atoms with Crippen LogP contribution in [0.15, 0.2) is 12.7 Å². The van der Waals surface area contributed by atoms with Crippen LogP contribution in [0, 0.1) is 0 Å². The van der Waals surface area contributed by atoms with Crippen LogP contribution in [-0.4, -0.2) is 68.8 Å². The van der Waals surface area contributed by atoms with Gasteiger partial charge in [0.1, 0.15) is 18.5 Å². The summed E-state index contributed by atoms with van der Waals surface area (Å²) in [6.07, 6.45) is -2.33. The summed E-state index contributed by atoms with van der Waals surface area (Å²) in [5.41, 5.74) is 0.923. The van der Waals surface area contributed by atoms with E-state index in [1.165, 1.54) is 17.2 Å². The van der Waals surface area contributed by atoms with Crippen LogP contribution in [0.2, 0.25) is 0 Å². The summed E-state index contributed by atoms with van der Waals surface area (Å²) in [6.45, 7) is -0.456. The molecular weight excluding hydrogens is 281 g/mol. The molecular formula is C12H16FN5O3. The molecule has 1 fully saturated rings. The molecule has 0 aliphatic carbocycles. The zero-order valence-corrected chi connectivity index (χ0v) is 11.6. The maximum absolute atomic E-state index is 14.2. The van der Waals surface area contributed by atoms with E-state index in [1.54, 1.807) is 4.90 Å². The van der Waals surface area contributed by atoms with Gasteiger partial charge in [-0.1, -0.05) is 0 Å². The van der Waals surface area contributed by atoms with Gasteiger partial charge in [-0.15, -0.1) is 0 Å². The molecule has 1 saturated heterocycles. The SMILES string of the molecule is CN(C)c1ncnc2c1ncn2[C@@H]1O[C@H](CO)[C@@H](O)C1F. The van der Waals surface area contributed by atoms with Crippen molar-refractivity contribution in [2.24, 2.45) is 0 Å². The fourth-order valence-corrected chi connectivity index (χ4v) is 2.43. The van der Waals surface area contributed by atoms with Crippen molar-refractivity contribution in [3.05, 3.63) is 12.7 Å². The number of aliphatic hydroxyl groups is 2. The summed E-state index contributed by atoms with van der Waals surface area (Å²) in [7, 11) is 3.63. The highest BCUT2D eigenvalue weighted by atomic mass is 19.1. The van der Waals surface area contributed by atoms with Crippen LogP contribution in [0.5, 0.6) is 0 Å². The Bertz CT molecular complexity index is 649. The summed E-state index contributed by atoms with van der Waals surface area (Å²) in [4.78, 5) is 14.2. The van der Waals surface area contributed by atoms with E-state index in [2.05, 4.69) is 15.0 Å². The third-order valence-corrected chi connectivity index (χ3v) is 3.51. The van der Waals surface area contributed by atoms with E-state index in [4.69, 9.17) is 9.84 Å². The van der Waals surface area contributed by atoms with Crippen molar-refractivity contribution in [1.82, 2.24) is 19.5 Å². The van der Waals surface area contributed by atoms with E-state index in [9.17, 15) is 9.50 Å². The normalized spacial score (nSPS) is 29.2. The van der Waals surface area contributed by atoms with E-state index in [1.807, 2.05) is 14.1 Å². The van der Waals surface area contributed by atoms with Crippen LogP contribution in [0.4, 0.5) is 10.2 Å². The predicted molar refractivity (Wildman–Crippen MR) is 71.5 cm³/mol. The second-order valence-electron chi connectivity index (χ2n) is 5.10. The van der Waals surface area contributed by atoms with Crippen LogP contribution in [0.1, 0.15) is 6.23 Å². The number of halogens is 1. The average molecular weight is 297 g/mol.